The smallest absolute Gasteiger partial charge is 0.350 e. The van der Waals surface area contributed by atoms with Crippen molar-refractivity contribution in [1.29, 1.82) is 0 Å². The molecule has 2 N–H and O–H groups in total. The summed E-state index contributed by atoms with van der Waals surface area (Å²) in [6.07, 6.45) is 2.20. The predicted octanol–water partition coefficient (Wildman–Crippen LogP) is 1.74. The maximum Gasteiger partial charge on any atom is 0.350 e. The number of nitrogen functional groups attached to an aromatic ring is 1. The number of carbonyl (C=O) groups excluding carboxylic acids is 1. The van der Waals surface area contributed by atoms with E-state index in [1.165, 1.54) is 18.4 Å². The summed E-state index contributed by atoms with van der Waals surface area (Å²) in [4.78, 5) is 14.3. The number of anilines is 2. The Hall–Kier alpha value is -1.47. The largest absolute Gasteiger partial charge is 0.492 e. The number of thiophene rings is 1. The number of hydrogen-bond acceptors (Lipinski definition) is 7. The Labute approximate surface area is 122 Å². The summed E-state index contributed by atoms with van der Waals surface area (Å²) in [6.45, 7) is 1.71. The summed E-state index contributed by atoms with van der Waals surface area (Å²) in [6, 6.07) is 0. The Kier molecular flexibility index (Phi) is 4.72. The first-order valence-corrected chi connectivity index (χ1v) is 7.26. The number of esters is 1. The van der Waals surface area contributed by atoms with E-state index in [4.69, 9.17) is 19.9 Å². The Balaban J connectivity index is 2.25. The van der Waals surface area contributed by atoms with Crippen molar-refractivity contribution in [3.8, 4) is 5.75 Å². The van der Waals surface area contributed by atoms with E-state index in [0.29, 0.717) is 22.4 Å². The molecule has 1 aliphatic rings. The predicted molar refractivity (Wildman–Crippen MR) is 78.9 cm³/mol. The van der Waals surface area contributed by atoms with Crippen LogP contribution in [0.4, 0.5) is 10.7 Å². The third kappa shape index (κ3) is 2.69. The molecule has 0 radical (unpaired) electrons. The minimum atomic E-state index is -0.427. The van der Waals surface area contributed by atoms with Gasteiger partial charge in [-0.15, -0.1) is 11.3 Å². The topological polar surface area (TPSA) is 74.0 Å². The summed E-state index contributed by atoms with van der Waals surface area (Å²) < 4.78 is 15.5. The molecule has 1 fully saturated rings. The quantitative estimate of drug-likeness (QED) is 0.854. The number of rotatable bonds is 4. The molecular formula is C13H20N2O4S. The van der Waals surface area contributed by atoms with E-state index >= 15 is 0 Å². The summed E-state index contributed by atoms with van der Waals surface area (Å²) in [5.74, 6) is 0.134. The van der Waals surface area contributed by atoms with Gasteiger partial charge in [0.2, 0.25) is 0 Å². The standard InChI is InChI=1S/C13H20N2O4S/c1-17-8-4-6-15(7-5-8)12-10(18-2)9(14)11(20-12)13(16)19-3/h8H,4-7,14H2,1-3H3. The lowest BCUT2D eigenvalue weighted by Crippen LogP contribution is -2.36. The highest BCUT2D eigenvalue weighted by atomic mass is 32.1. The molecular weight excluding hydrogens is 280 g/mol. The molecule has 0 saturated carbocycles. The van der Waals surface area contributed by atoms with Crippen LogP contribution < -0.4 is 15.4 Å². The van der Waals surface area contributed by atoms with Gasteiger partial charge in [0.25, 0.3) is 0 Å². The first-order chi connectivity index (χ1) is 9.62. The van der Waals surface area contributed by atoms with E-state index in [2.05, 4.69) is 4.90 Å². The molecule has 1 aromatic rings. The van der Waals surface area contributed by atoms with Crippen LogP contribution in [-0.2, 0) is 9.47 Å². The zero-order chi connectivity index (χ0) is 14.7. The number of nitrogens with two attached hydrogens (primary N) is 1. The van der Waals surface area contributed by atoms with Gasteiger partial charge in [0, 0.05) is 20.2 Å². The van der Waals surface area contributed by atoms with Crippen LogP contribution in [0, 0.1) is 0 Å². The summed E-state index contributed by atoms with van der Waals surface area (Å²) in [5, 5.41) is 0.889. The van der Waals surface area contributed by atoms with E-state index in [1.807, 2.05) is 0 Å². The summed E-state index contributed by atoms with van der Waals surface area (Å²) in [5.41, 5.74) is 6.34. The van der Waals surface area contributed by atoms with E-state index in [0.717, 1.165) is 30.9 Å². The van der Waals surface area contributed by atoms with Gasteiger partial charge < -0.3 is 24.8 Å². The van der Waals surface area contributed by atoms with Crippen LogP contribution in [0.25, 0.3) is 0 Å². The third-order valence-electron chi connectivity index (χ3n) is 3.52. The Morgan fingerprint density at radius 2 is 1.95 bits per heavy atom. The lowest BCUT2D eigenvalue weighted by Gasteiger charge is -2.32. The van der Waals surface area contributed by atoms with Crippen LogP contribution >= 0.6 is 11.3 Å². The van der Waals surface area contributed by atoms with Gasteiger partial charge in [0.1, 0.15) is 15.6 Å². The maximum atomic E-state index is 11.7. The minimum absolute atomic E-state index is 0.301. The average molecular weight is 300 g/mol. The van der Waals surface area contributed by atoms with Crippen molar-refractivity contribution < 1.29 is 19.0 Å². The van der Waals surface area contributed by atoms with Gasteiger partial charge in [-0.05, 0) is 12.8 Å². The zero-order valence-corrected chi connectivity index (χ0v) is 12.8. The summed E-state index contributed by atoms with van der Waals surface area (Å²) >= 11 is 1.32. The molecule has 7 heteroatoms. The van der Waals surface area contributed by atoms with Gasteiger partial charge in [-0.25, -0.2) is 4.79 Å². The molecule has 0 amide bonds. The average Bonchev–Trinajstić information content (AvgIpc) is 2.83. The van der Waals surface area contributed by atoms with E-state index < -0.39 is 5.97 Å². The van der Waals surface area contributed by atoms with E-state index in [-0.39, 0.29) is 0 Å². The highest BCUT2D eigenvalue weighted by Crippen LogP contribution is 2.45. The lowest BCUT2D eigenvalue weighted by molar-refractivity contribution is 0.0607. The highest BCUT2D eigenvalue weighted by Gasteiger charge is 2.28. The van der Waals surface area contributed by atoms with Crippen LogP contribution in [0.1, 0.15) is 22.5 Å². The lowest BCUT2D eigenvalue weighted by atomic mass is 10.1. The van der Waals surface area contributed by atoms with Gasteiger partial charge in [0.15, 0.2) is 5.75 Å². The van der Waals surface area contributed by atoms with Crippen molar-refractivity contribution in [1.82, 2.24) is 0 Å². The van der Waals surface area contributed by atoms with Crippen LogP contribution in [0.15, 0.2) is 0 Å². The fourth-order valence-electron chi connectivity index (χ4n) is 2.36. The molecule has 1 aromatic heterocycles. The maximum absolute atomic E-state index is 11.7. The molecule has 112 valence electrons. The molecule has 2 rings (SSSR count). The molecule has 0 bridgehead atoms. The molecule has 1 aliphatic heterocycles. The third-order valence-corrected chi connectivity index (χ3v) is 4.75. The van der Waals surface area contributed by atoms with E-state index in [9.17, 15) is 4.79 Å². The fraction of sp³-hybridized carbons (Fsp3) is 0.615. The second-order valence-electron chi connectivity index (χ2n) is 4.60. The molecule has 6 nitrogen and oxygen atoms in total. The molecule has 2 heterocycles. The van der Waals surface area contributed by atoms with Crippen molar-refractivity contribution >= 4 is 28.0 Å². The van der Waals surface area contributed by atoms with E-state index in [1.54, 1.807) is 14.2 Å². The molecule has 0 atom stereocenters. The SMILES string of the molecule is COC(=O)c1sc(N2CCC(OC)CC2)c(OC)c1N. The van der Waals surface area contributed by atoms with Crippen LogP contribution in [0.5, 0.6) is 5.75 Å². The first-order valence-electron chi connectivity index (χ1n) is 6.44. The second-order valence-corrected chi connectivity index (χ2v) is 5.60. The Morgan fingerprint density at radius 3 is 2.45 bits per heavy atom. The Bertz CT molecular complexity index is 481. The van der Waals surface area contributed by atoms with Gasteiger partial charge in [-0.3, -0.25) is 0 Å². The van der Waals surface area contributed by atoms with Crippen LogP contribution in [0.2, 0.25) is 0 Å². The van der Waals surface area contributed by atoms with Crippen molar-refractivity contribution in [3.05, 3.63) is 4.88 Å². The van der Waals surface area contributed by atoms with Crippen LogP contribution in [-0.4, -0.2) is 46.5 Å². The Morgan fingerprint density at radius 1 is 1.30 bits per heavy atom. The van der Waals surface area contributed by atoms with Crippen molar-refractivity contribution in [2.45, 2.75) is 18.9 Å². The van der Waals surface area contributed by atoms with Crippen molar-refractivity contribution in [2.75, 3.05) is 45.1 Å². The van der Waals surface area contributed by atoms with Gasteiger partial charge in [-0.2, -0.15) is 0 Å². The highest BCUT2D eigenvalue weighted by molar-refractivity contribution is 7.19. The molecule has 0 spiro atoms. The van der Waals surface area contributed by atoms with Crippen molar-refractivity contribution in [3.63, 3.8) is 0 Å². The number of piperidine rings is 1. The molecule has 0 aromatic carbocycles. The first kappa shape index (κ1) is 14.9. The minimum Gasteiger partial charge on any atom is -0.492 e. The normalized spacial score (nSPS) is 16.2. The second kappa shape index (κ2) is 6.32. The molecule has 20 heavy (non-hydrogen) atoms. The van der Waals surface area contributed by atoms with Gasteiger partial charge in [-0.1, -0.05) is 0 Å². The molecule has 1 saturated heterocycles. The number of nitrogens with zero attached hydrogens (tertiary/aromatic N) is 1. The van der Waals surface area contributed by atoms with Gasteiger partial charge >= 0.3 is 5.97 Å². The number of hydrogen-bond donors (Lipinski definition) is 1. The monoisotopic (exact) mass is 300 g/mol. The number of carbonyl (C=O) groups is 1. The number of methoxy groups -OCH3 is 3. The number of ether oxygens (including phenoxy) is 3. The van der Waals surface area contributed by atoms with Crippen molar-refractivity contribution in [2.24, 2.45) is 0 Å². The fourth-order valence-corrected chi connectivity index (χ4v) is 3.52. The summed E-state index contributed by atoms with van der Waals surface area (Å²) in [7, 11) is 4.64. The van der Waals surface area contributed by atoms with Crippen LogP contribution in [0.3, 0.4) is 0 Å². The molecule has 0 unspecified atom stereocenters. The molecule has 0 aliphatic carbocycles. The zero-order valence-electron chi connectivity index (χ0n) is 12.0. The van der Waals surface area contributed by atoms with Gasteiger partial charge in [0.05, 0.1) is 20.3 Å².